The van der Waals surface area contributed by atoms with E-state index in [1.54, 1.807) is 6.20 Å². The second-order valence-electron chi connectivity index (χ2n) is 6.23. The average Bonchev–Trinajstić information content (AvgIpc) is 3.07. The van der Waals surface area contributed by atoms with Crippen LogP contribution in [0.5, 0.6) is 0 Å². The van der Waals surface area contributed by atoms with Crippen molar-refractivity contribution >= 4 is 44.3 Å². The highest BCUT2D eigenvalue weighted by molar-refractivity contribution is 6.18. The Morgan fingerprint density at radius 1 is 0.846 bits per heavy atom. The number of carbonyl (C=O) groups is 1. The number of carbonyl (C=O) groups excluding carboxylic acids is 1. The summed E-state index contributed by atoms with van der Waals surface area (Å²) in [5.74, 6) is -0.152. The van der Waals surface area contributed by atoms with Crippen LogP contribution in [0.25, 0.3) is 32.7 Å². The van der Waals surface area contributed by atoms with Gasteiger partial charge in [0.2, 0.25) is 0 Å². The summed E-state index contributed by atoms with van der Waals surface area (Å²) in [6.45, 7) is 0. The third-order valence-corrected chi connectivity index (χ3v) is 4.67. The van der Waals surface area contributed by atoms with E-state index >= 15 is 0 Å². The van der Waals surface area contributed by atoms with Crippen LogP contribution in [0.1, 0.15) is 10.4 Å². The largest absolute Gasteiger partial charge is 0.354 e. The van der Waals surface area contributed by atoms with E-state index in [0.29, 0.717) is 11.3 Å². The number of pyridine rings is 1. The fourth-order valence-electron chi connectivity index (χ4n) is 3.46. The van der Waals surface area contributed by atoms with Crippen LogP contribution < -0.4 is 5.32 Å². The Labute approximate surface area is 149 Å². The second kappa shape index (κ2) is 5.70. The molecule has 5 rings (SSSR count). The Bertz CT molecular complexity index is 1280. The van der Waals surface area contributed by atoms with Gasteiger partial charge < -0.3 is 10.3 Å². The molecule has 0 aliphatic rings. The molecule has 4 heteroatoms. The Morgan fingerprint density at radius 3 is 2.62 bits per heavy atom. The number of para-hydroxylation sites is 3. The zero-order valence-electron chi connectivity index (χ0n) is 13.9. The van der Waals surface area contributed by atoms with Crippen molar-refractivity contribution in [2.45, 2.75) is 0 Å². The number of nitrogens with zero attached hydrogens (tertiary/aromatic N) is 1. The first-order valence-corrected chi connectivity index (χ1v) is 8.46. The molecule has 0 bridgehead atoms. The van der Waals surface area contributed by atoms with Gasteiger partial charge >= 0.3 is 0 Å². The number of aromatic nitrogens is 2. The maximum Gasteiger partial charge on any atom is 0.257 e. The maximum atomic E-state index is 13.0. The minimum absolute atomic E-state index is 0.152. The number of aromatic amines is 1. The number of amides is 1. The molecule has 0 aliphatic heterocycles. The Morgan fingerprint density at radius 2 is 1.65 bits per heavy atom. The normalized spacial score (nSPS) is 11.2. The maximum absolute atomic E-state index is 13.0. The van der Waals surface area contributed by atoms with Crippen molar-refractivity contribution < 1.29 is 4.79 Å². The second-order valence-corrected chi connectivity index (χ2v) is 6.23. The molecule has 124 valence electrons. The number of nitrogens with one attached hydrogen (secondary N) is 2. The standard InChI is InChI=1S/C22H15N3O/c26-22(25-19-12-3-6-14-7-5-13-23-20(14)19)17-10-4-9-16-15-8-1-2-11-18(15)24-21(16)17/h1-13,24H,(H,25,26). The van der Waals surface area contributed by atoms with Crippen molar-refractivity contribution in [3.63, 3.8) is 0 Å². The molecule has 5 aromatic rings. The van der Waals surface area contributed by atoms with E-state index in [1.807, 2.05) is 66.7 Å². The van der Waals surface area contributed by atoms with Gasteiger partial charge in [0.15, 0.2) is 0 Å². The number of rotatable bonds is 2. The summed E-state index contributed by atoms with van der Waals surface area (Å²) in [6.07, 6.45) is 1.73. The molecule has 26 heavy (non-hydrogen) atoms. The number of hydrogen-bond acceptors (Lipinski definition) is 2. The van der Waals surface area contributed by atoms with Crippen LogP contribution >= 0.6 is 0 Å². The van der Waals surface area contributed by atoms with Crippen LogP contribution in [-0.2, 0) is 0 Å². The molecule has 0 fully saturated rings. The van der Waals surface area contributed by atoms with Gasteiger partial charge in [-0.2, -0.15) is 0 Å². The molecule has 0 unspecified atom stereocenters. The summed E-state index contributed by atoms with van der Waals surface area (Å²) in [6, 6.07) is 23.5. The van der Waals surface area contributed by atoms with Gasteiger partial charge in [-0.05, 0) is 24.3 Å². The fourth-order valence-corrected chi connectivity index (χ4v) is 3.46. The predicted octanol–water partition coefficient (Wildman–Crippen LogP) is 5.12. The molecular formula is C22H15N3O. The predicted molar refractivity (Wildman–Crippen MR) is 106 cm³/mol. The van der Waals surface area contributed by atoms with Gasteiger partial charge in [-0.25, -0.2) is 0 Å². The molecule has 3 aromatic carbocycles. The van der Waals surface area contributed by atoms with Crippen molar-refractivity contribution in [3.05, 3.63) is 84.6 Å². The highest BCUT2D eigenvalue weighted by Crippen LogP contribution is 2.28. The summed E-state index contributed by atoms with van der Waals surface area (Å²) >= 11 is 0. The molecule has 0 radical (unpaired) electrons. The van der Waals surface area contributed by atoms with E-state index in [4.69, 9.17) is 0 Å². The molecule has 2 N–H and O–H groups in total. The lowest BCUT2D eigenvalue weighted by molar-refractivity contribution is 0.102. The van der Waals surface area contributed by atoms with Crippen LogP contribution in [0, 0.1) is 0 Å². The lowest BCUT2D eigenvalue weighted by Gasteiger charge is -2.08. The van der Waals surface area contributed by atoms with Gasteiger partial charge in [0.1, 0.15) is 0 Å². The number of hydrogen-bond donors (Lipinski definition) is 2. The molecule has 0 saturated heterocycles. The van der Waals surface area contributed by atoms with Gasteiger partial charge in [-0.3, -0.25) is 9.78 Å². The summed E-state index contributed by atoms with van der Waals surface area (Å²) in [5.41, 5.74) is 3.98. The number of H-pyrrole nitrogens is 1. The Balaban J connectivity index is 1.62. The quantitative estimate of drug-likeness (QED) is 0.469. The molecule has 0 atom stereocenters. The summed E-state index contributed by atoms with van der Waals surface area (Å²) in [4.78, 5) is 20.8. The minimum atomic E-state index is -0.152. The van der Waals surface area contributed by atoms with E-state index in [-0.39, 0.29) is 5.91 Å². The van der Waals surface area contributed by atoms with Crippen molar-refractivity contribution in [3.8, 4) is 0 Å². The van der Waals surface area contributed by atoms with Gasteiger partial charge in [-0.15, -0.1) is 0 Å². The van der Waals surface area contributed by atoms with Crippen molar-refractivity contribution in [1.82, 2.24) is 9.97 Å². The van der Waals surface area contributed by atoms with E-state index in [2.05, 4.69) is 21.4 Å². The van der Waals surface area contributed by atoms with E-state index in [0.717, 1.165) is 32.7 Å². The van der Waals surface area contributed by atoms with Crippen LogP contribution in [0.4, 0.5) is 5.69 Å². The fraction of sp³-hybridized carbons (Fsp3) is 0. The SMILES string of the molecule is O=C(Nc1cccc2cccnc12)c1cccc2c1[nH]c1ccccc12. The highest BCUT2D eigenvalue weighted by Gasteiger charge is 2.14. The first-order valence-electron chi connectivity index (χ1n) is 8.46. The molecule has 1 amide bonds. The van der Waals surface area contributed by atoms with Gasteiger partial charge in [0.05, 0.1) is 22.3 Å². The van der Waals surface area contributed by atoms with E-state index < -0.39 is 0 Å². The number of benzene rings is 3. The van der Waals surface area contributed by atoms with Crippen molar-refractivity contribution in [1.29, 1.82) is 0 Å². The first kappa shape index (κ1) is 14.7. The Hall–Kier alpha value is -3.66. The zero-order chi connectivity index (χ0) is 17.5. The summed E-state index contributed by atoms with van der Waals surface area (Å²) < 4.78 is 0. The van der Waals surface area contributed by atoms with E-state index in [1.165, 1.54) is 0 Å². The average molecular weight is 337 g/mol. The highest BCUT2D eigenvalue weighted by atomic mass is 16.1. The van der Waals surface area contributed by atoms with Crippen LogP contribution in [0.3, 0.4) is 0 Å². The van der Waals surface area contributed by atoms with Crippen LogP contribution in [0.2, 0.25) is 0 Å². The summed E-state index contributed by atoms with van der Waals surface area (Å²) in [7, 11) is 0. The van der Waals surface area contributed by atoms with Crippen LogP contribution in [0.15, 0.2) is 79.0 Å². The van der Waals surface area contributed by atoms with Crippen molar-refractivity contribution in [2.24, 2.45) is 0 Å². The molecule has 2 heterocycles. The topological polar surface area (TPSA) is 57.8 Å². The van der Waals surface area contributed by atoms with Gasteiger partial charge in [-0.1, -0.05) is 48.5 Å². The molecule has 0 spiro atoms. The number of fused-ring (bicyclic) bond motifs is 4. The van der Waals surface area contributed by atoms with Crippen LogP contribution in [-0.4, -0.2) is 15.9 Å². The number of anilines is 1. The molecule has 0 aliphatic carbocycles. The third-order valence-electron chi connectivity index (χ3n) is 4.67. The smallest absolute Gasteiger partial charge is 0.257 e. The van der Waals surface area contributed by atoms with Gasteiger partial charge in [0.25, 0.3) is 5.91 Å². The zero-order valence-corrected chi connectivity index (χ0v) is 13.9. The lowest BCUT2D eigenvalue weighted by atomic mass is 10.1. The minimum Gasteiger partial charge on any atom is -0.354 e. The lowest BCUT2D eigenvalue weighted by Crippen LogP contribution is -2.13. The molecule has 2 aromatic heterocycles. The Kier molecular flexibility index (Phi) is 3.22. The monoisotopic (exact) mass is 337 g/mol. The summed E-state index contributed by atoms with van der Waals surface area (Å²) in [5, 5.41) is 6.17. The first-order chi connectivity index (χ1) is 12.8. The third kappa shape index (κ3) is 2.24. The molecular weight excluding hydrogens is 322 g/mol. The van der Waals surface area contributed by atoms with Crippen molar-refractivity contribution in [2.75, 3.05) is 5.32 Å². The molecule has 4 nitrogen and oxygen atoms in total. The molecule has 0 saturated carbocycles. The van der Waals surface area contributed by atoms with E-state index in [9.17, 15) is 4.79 Å². The van der Waals surface area contributed by atoms with Gasteiger partial charge in [0, 0.05) is 27.9 Å².